The van der Waals surface area contributed by atoms with Crippen LogP contribution in [-0.2, 0) is 11.3 Å². The summed E-state index contributed by atoms with van der Waals surface area (Å²) >= 11 is 0. The molecule has 0 aromatic heterocycles. The number of nitrogens with zero attached hydrogens (tertiary/aromatic N) is 2. The van der Waals surface area contributed by atoms with Gasteiger partial charge in [0.1, 0.15) is 0 Å². The van der Waals surface area contributed by atoms with Gasteiger partial charge in [0, 0.05) is 25.7 Å². The van der Waals surface area contributed by atoms with E-state index in [4.69, 9.17) is 10.00 Å². The molecule has 1 aliphatic heterocycles. The van der Waals surface area contributed by atoms with E-state index in [2.05, 4.69) is 11.4 Å². The van der Waals surface area contributed by atoms with Crippen molar-refractivity contribution >= 4 is 6.03 Å². The summed E-state index contributed by atoms with van der Waals surface area (Å²) in [6, 6.07) is 9.82. The van der Waals surface area contributed by atoms with E-state index in [9.17, 15) is 4.79 Å². The summed E-state index contributed by atoms with van der Waals surface area (Å²) in [5.41, 5.74) is 1.57. The van der Waals surface area contributed by atoms with Crippen molar-refractivity contribution in [2.45, 2.75) is 57.2 Å². The second-order valence-corrected chi connectivity index (χ2v) is 6.70. The lowest BCUT2D eigenvalue weighted by atomic mass is 10.1. The number of hydrogen-bond donors (Lipinski definition) is 1. The van der Waals surface area contributed by atoms with Crippen LogP contribution in [0.3, 0.4) is 0 Å². The first kappa shape index (κ1) is 16.8. The zero-order valence-electron chi connectivity index (χ0n) is 14.0. The van der Waals surface area contributed by atoms with Gasteiger partial charge in [-0.1, -0.05) is 25.0 Å². The maximum absolute atomic E-state index is 12.7. The molecule has 2 aliphatic rings. The molecule has 24 heavy (non-hydrogen) atoms. The van der Waals surface area contributed by atoms with Crippen molar-refractivity contribution in [1.29, 1.82) is 5.26 Å². The molecular weight excluding hydrogens is 302 g/mol. The van der Waals surface area contributed by atoms with Crippen LogP contribution in [-0.4, -0.2) is 36.2 Å². The van der Waals surface area contributed by atoms with Gasteiger partial charge in [0.15, 0.2) is 0 Å². The summed E-state index contributed by atoms with van der Waals surface area (Å²) < 4.78 is 5.73. The average molecular weight is 327 g/mol. The molecule has 1 aromatic rings. The van der Waals surface area contributed by atoms with E-state index in [1.807, 2.05) is 23.1 Å². The first-order chi connectivity index (χ1) is 11.8. The topological polar surface area (TPSA) is 65.4 Å². The van der Waals surface area contributed by atoms with Crippen LogP contribution >= 0.6 is 0 Å². The van der Waals surface area contributed by atoms with Crippen molar-refractivity contribution < 1.29 is 9.53 Å². The molecule has 2 fully saturated rings. The Morgan fingerprint density at radius 3 is 2.83 bits per heavy atom. The normalized spacial score (nSPS) is 20.7. The van der Waals surface area contributed by atoms with Crippen molar-refractivity contribution in [3.05, 3.63) is 35.4 Å². The van der Waals surface area contributed by atoms with Crippen LogP contribution in [0.2, 0.25) is 0 Å². The van der Waals surface area contributed by atoms with Crippen LogP contribution in [0.4, 0.5) is 4.79 Å². The van der Waals surface area contributed by atoms with E-state index in [0.29, 0.717) is 24.7 Å². The fourth-order valence-electron chi connectivity index (χ4n) is 3.65. The Balaban J connectivity index is 1.60. The van der Waals surface area contributed by atoms with E-state index >= 15 is 0 Å². The molecule has 5 heteroatoms. The fraction of sp³-hybridized carbons (Fsp3) is 0.579. The summed E-state index contributed by atoms with van der Waals surface area (Å²) in [7, 11) is 0. The first-order valence-electron chi connectivity index (χ1n) is 8.91. The highest BCUT2D eigenvalue weighted by atomic mass is 16.5. The molecule has 0 bridgehead atoms. The van der Waals surface area contributed by atoms with Gasteiger partial charge < -0.3 is 15.0 Å². The second-order valence-electron chi connectivity index (χ2n) is 6.70. The maximum Gasteiger partial charge on any atom is 0.318 e. The van der Waals surface area contributed by atoms with Crippen LogP contribution in [0.1, 0.15) is 49.7 Å². The number of hydrogen-bond acceptors (Lipinski definition) is 3. The van der Waals surface area contributed by atoms with E-state index < -0.39 is 0 Å². The quantitative estimate of drug-likeness (QED) is 0.903. The molecule has 0 spiro atoms. The number of nitrogens with one attached hydrogen (secondary N) is 1. The summed E-state index contributed by atoms with van der Waals surface area (Å²) in [5.74, 6) is 0. The third-order valence-electron chi connectivity index (χ3n) is 4.95. The molecule has 1 N–H and O–H groups in total. The van der Waals surface area contributed by atoms with Crippen LogP contribution in [0.15, 0.2) is 24.3 Å². The Labute approximate surface area is 143 Å². The maximum atomic E-state index is 12.7. The van der Waals surface area contributed by atoms with Crippen LogP contribution < -0.4 is 5.32 Å². The molecule has 5 nitrogen and oxygen atoms in total. The molecule has 0 radical (unpaired) electrons. The number of carbonyl (C=O) groups is 1. The van der Waals surface area contributed by atoms with Crippen LogP contribution in [0, 0.1) is 11.3 Å². The Morgan fingerprint density at radius 2 is 2.12 bits per heavy atom. The molecule has 1 aliphatic carbocycles. The van der Waals surface area contributed by atoms with E-state index in [-0.39, 0.29) is 12.1 Å². The fourth-order valence-corrected chi connectivity index (χ4v) is 3.65. The molecule has 2 amide bonds. The lowest BCUT2D eigenvalue weighted by Gasteiger charge is -2.31. The van der Waals surface area contributed by atoms with Gasteiger partial charge in [-0.25, -0.2) is 4.79 Å². The SMILES string of the molecule is N#Cc1cccc(CNC(=O)N(C[C@@H]2CCCO2)C2CCCC2)c1. The minimum atomic E-state index is -0.0141. The highest BCUT2D eigenvalue weighted by Gasteiger charge is 2.30. The largest absolute Gasteiger partial charge is 0.376 e. The molecule has 128 valence electrons. The Morgan fingerprint density at radius 1 is 1.29 bits per heavy atom. The van der Waals surface area contributed by atoms with Crippen molar-refractivity contribution in [2.75, 3.05) is 13.2 Å². The lowest BCUT2D eigenvalue weighted by molar-refractivity contribution is 0.0699. The first-order valence-corrected chi connectivity index (χ1v) is 8.91. The Hall–Kier alpha value is -2.06. The summed E-state index contributed by atoms with van der Waals surface area (Å²) in [6.45, 7) is 1.95. The summed E-state index contributed by atoms with van der Waals surface area (Å²) in [4.78, 5) is 14.7. The zero-order valence-corrected chi connectivity index (χ0v) is 14.0. The minimum Gasteiger partial charge on any atom is -0.376 e. The number of ether oxygens (including phenoxy) is 1. The zero-order chi connectivity index (χ0) is 16.8. The third kappa shape index (κ3) is 4.27. The lowest BCUT2D eigenvalue weighted by Crippen LogP contribution is -2.48. The highest BCUT2D eigenvalue weighted by Crippen LogP contribution is 2.25. The van der Waals surface area contributed by atoms with Crippen molar-refractivity contribution in [3.8, 4) is 6.07 Å². The monoisotopic (exact) mass is 327 g/mol. The predicted molar refractivity (Wildman–Crippen MR) is 91.3 cm³/mol. The van der Waals surface area contributed by atoms with Gasteiger partial charge in [0.05, 0.1) is 17.7 Å². The van der Waals surface area contributed by atoms with Crippen molar-refractivity contribution in [2.24, 2.45) is 0 Å². The second kappa shape index (κ2) is 8.16. The van der Waals surface area contributed by atoms with Gasteiger partial charge in [-0.15, -0.1) is 0 Å². The number of carbonyl (C=O) groups excluding carboxylic acids is 1. The van der Waals surface area contributed by atoms with E-state index in [1.165, 1.54) is 12.8 Å². The van der Waals surface area contributed by atoms with Crippen LogP contribution in [0.5, 0.6) is 0 Å². The smallest absolute Gasteiger partial charge is 0.318 e. The predicted octanol–water partition coefficient (Wildman–Crippen LogP) is 3.19. The van der Waals surface area contributed by atoms with Crippen LogP contribution in [0.25, 0.3) is 0 Å². The summed E-state index contributed by atoms with van der Waals surface area (Å²) in [6.07, 6.45) is 6.88. The molecule has 1 heterocycles. The summed E-state index contributed by atoms with van der Waals surface area (Å²) in [5, 5.41) is 12.0. The molecule has 3 rings (SSSR count). The van der Waals surface area contributed by atoms with Gasteiger partial charge in [-0.05, 0) is 43.4 Å². The Bertz CT molecular complexity index is 599. The highest BCUT2D eigenvalue weighted by molar-refractivity contribution is 5.74. The number of benzene rings is 1. The molecule has 1 saturated carbocycles. The molecular formula is C19H25N3O2. The van der Waals surface area contributed by atoms with E-state index in [0.717, 1.165) is 37.9 Å². The molecule has 1 aromatic carbocycles. The molecule has 1 atom stereocenters. The van der Waals surface area contributed by atoms with Gasteiger partial charge >= 0.3 is 6.03 Å². The average Bonchev–Trinajstić information content (AvgIpc) is 3.31. The minimum absolute atomic E-state index is 0.0141. The van der Waals surface area contributed by atoms with Gasteiger partial charge in [0.2, 0.25) is 0 Å². The Kier molecular flexibility index (Phi) is 5.71. The van der Waals surface area contributed by atoms with Crippen molar-refractivity contribution in [3.63, 3.8) is 0 Å². The van der Waals surface area contributed by atoms with Gasteiger partial charge in [-0.2, -0.15) is 5.26 Å². The number of amides is 2. The third-order valence-corrected chi connectivity index (χ3v) is 4.95. The number of urea groups is 1. The van der Waals surface area contributed by atoms with Gasteiger partial charge in [-0.3, -0.25) is 0 Å². The van der Waals surface area contributed by atoms with E-state index in [1.54, 1.807) is 6.07 Å². The standard InChI is InChI=1S/C19H25N3O2/c20-12-15-5-3-6-16(11-15)13-21-19(23)22(17-7-1-2-8-17)14-18-9-4-10-24-18/h3,5-6,11,17-18H,1-2,4,7-10,13-14H2,(H,21,23)/t18-/m0/s1. The molecule has 0 unspecified atom stereocenters. The number of nitriles is 1. The van der Waals surface area contributed by atoms with Gasteiger partial charge in [0.25, 0.3) is 0 Å². The molecule has 1 saturated heterocycles. The number of rotatable bonds is 5. The van der Waals surface area contributed by atoms with Crippen molar-refractivity contribution in [1.82, 2.24) is 10.2 Å².